The van der Waals surface area contributed by atoms with Crippen LogP contribution in [0.2, 0.25) is 0 Å². The Morgan fingerprint density at radius 3 is 2.71 bits per heavy atom. The zero-order valence-corrected chi connectivity index (χ0v) is 16.3. The number of rotatable bonds is 4. The Balaban J connectivity index is 1.70. The quantitative estimate of drug-likeness (QED) is 0.755. The van der Waals surface area contributed by atoms with Crippen LogP contribution < -0.4 is 10.5 Å². The molecule has 7 nitrogen and oxygen atoms in total. The van der Waals surface area contributed by atoms with Crippen LogP contribution in [0.5, 0.6) is 0 Å². The number of fused-ring (bicyclic) bond motifs is 1. The highest BCUT2D eigenvalue weighted by Gasteiger charge is 2.28. The minimum atomic E-state index is -0.207. The molecule has 1 saturated carbocycles. The maximum Gasteiger partial charge on any atom is 0.274 e. The minimum absolute atomic E-state index is 0.0433. The molecule has 0 atom stereocenters. The van der Waals surface area contributed by atoms with Crippen LogP contribution in [-0.4, -0.2) is 25.5 Å². The number of carbonyl (C=O) groups is 1. The number of H-pyrrole nitrogens is 1. The topological polar surface area (TPSA) is 83.4 Å². The van der Waals surface area contributed by atoms with Crippen molar-refractivity contribution in [3.63, 3.8) is 0 Å². The fraction of sp³-hybridized carbons (Fsp3) is 0.429. The van der Waals surface area contributed by atoms with Crippen LogP contribution in [-0.2, 0) is 11.3 Å². The third-order valence-electron chi connectivity index (χ3n) is 5.35. The van der Waals surface area contributed by atoms with Gasteiger partial charge in [-0.3, -0.25) is 14.7 Å². The second-order valence-electron chi connectivity index (χ2n) is 7.64. The largest absolute Gasteiger partial charge is 0.305 e. The lowest BCUT2D eigenvalue weighted by Crippen LogP contribution is -2.37. The van der Waals surface area contributed by atoms with E-state index in [0.717, 1.165) is 36.9 Å². The van der Waals surface area contributed by atoms with Crippen LogP contribution in [0.1, 0.15) is 49.2 Å². The van der Waals surface area contributed by atoms with Gasteiger partial charge in [0.05, 0.1) is 6.54 Å². The molecule has 0 bridgehead atoms. The van der Waals surface area contributed by atoms with Crippen molar-refractivity contribution in [1.82, 2.24) is 19.6 Å². The number of hydrogen-bond donors (Lipinski definition) is 1. The highest BCUT2D eigenvalue weighted by molar-refractivity contribution is 5.95. The maximum atomic E-state index is 13.4. The molecule has 1 aliphatic rings. The van der Waals surface area contributed by atoms with E-state index in [9.17, 15) is 9.59 Å². The summed E-state index contributed by atoms with van der Waals surface area (Å²) in [5.41, 5.74) is 2.36. The van der Waals surface area contributed by atoms with Gasteiger partial charge >= 0.3 is 0 Å². The molecule has 7 heteroatoms. The van der Waals surface area contributed by atoms with Gasteiger partial charge < -0.3 is 4.90 Å². The standard InChI is InChI=1S/C21H25N5O2/c1-14-7-6-10-17(11-14)25(20(28)16-8-4-3-5-9-16)13-18-23-21-22-15(2)12-19(27)26(21)24-18/h6-7,10-12,16H,3-5,8-9,13H2,1-2H3,(H,22,23,24). The molecule has 1 N–H and O–H groups in total. The fourth-order valence-electron chi connectivity index (χ4n) is 3.92. The van der Waals surface area contributed by atoms with Crippen molar-refractivity contribution >= 4 is 17.4 Å². The van der Waals surface area contributed by atoms with Crippen LogP contribution in [0.3, 0.4) is 0 Å². The first-order valence-electron chi connectivity index (χ1n) is 9.84. The second kappa shape index (κ2) is 7.58. The summed E-state index contributed by atoms with van der Waals surface area (Å²) in [5.74, 6) is 1.04. The van der Waals surface area contributed by atoms with Crippen molar-refractivity contribution in [3.05, 3.63) is 57.8 Å². The summed E-state index contributed by atoms with van der Waals surface area (Å²) < 4.78 is 1.32. The molecule has 0 radical (unpaired) electrons. The summed E-state index contributed by atoms with van der Waals surface area (Å²) in [6, 6.07) is 9.39. The van der Waals surface area contributed by atoms with E-state index in [4.69, 9.17) is 0 Å². The van der Waals surface area contributed by atoms with Crippen molar-refractivity contribution in [1.29, 1.82) is 0 Å². The first kappa shape index (κ1) is 18.4. The molecular formula is C21H25N5O2. The Morgan fingerprint density at radius 2 is 1.96 bits per heavy atom. The van der Waals surface area contributed by atoms with E-state index in [2.05, 4.69) is 15.1 Å². The van der Waals surface area contributed by atoms with Crippen molar-refractivity contribution in [3.8, 4) is 0 Å². The van der Waals surface area contributed by atoms with Crippen LogP contribution in [0.15, 0.2) is 35.1 Å². The molecule has 0 aliphatic heterocycles. The molecule has 146 valence electrons. The third-order valence-corrected chi connectivity index (χ3v) is 5.35. The molecule has 3 aromatic rings. The van der Waals surface area contributed by atoms with Gasteiger partial charge in [-0.15, -0.1) is 0 Å². The average molecular weight is 379 g/mol. The maximum absolute atomic E-state index is 13.4. The summed E-state index contributed by atoms with van der Waals surface area (Å²) in [5, 5.41) is 3.00. The number of aromatic amines is 1. The Morgan fingerprint density at radius 1 is 1.18 bits per heavy atom. The zero-order valence-electron chi connectivity index (χ0n) is 16.3. The van der Waals surface area contributed by atoms with E-state index < -0.39 is 0 Å². The molecule has 28 heavy (non-hydrogen) atoms. The van der Waals surface area contributed by atoms with Gasteiger partial charge in [0.15, 0.2) is 0 Å². The normalized spacial score (nSPS) is 15.1. The number of benzene rings is 1. The Kier molecular flexibility index (Phi) is 4.98. The molecule has 1 amide bonds. The van der Waals surface area contributed by atoms with Gasteiger partial charge in [-0.25, -0.2) is 4.98 Å². The highest BCUT2D eigenvalue weighted by Crippen LogP contribution is 2.28. The molecule has 2 aromatic heterocycles. The van der Waals surface area contributed by atoms with Crippen molar-refractivity contribution in [2.45, 2.75) is 52.5 Å². The Hall–Kier alpha value is -2.96. The number of carbonyl (C=O) groups excluding carboxylic acids is 1. The van der Waals surface area contributed by atoms with Crippen molar-refractivity contribution in [2.24, 2.45) is 5.92 Å². The van der Waals surface area contributed by atoms with Gasteiger partial charge in [0.1, 0.15) is 5.82 Å². The summed E-state index contributed by atoms with van der Waals surface area (Å²) >= 11 is 0. The molecule has 4 rings (SSSR count). The number of hydrogen-bond acceptors (Lipinski definition) is 4. The van der Waals surface area contributed by atoms with Crippen LogP contribution in [0, 0.1) is 19.8 Å². The highest BCUT2D eigenvalue weighted by atomic mass is 16.2. The lowest BCUT2D eigenvalue weighted by atomic mass is 9.88. The number of amides is 1. The van der Waals surface area contributed by atoms with Gasteiger partial charge in [-0.2, -0.15) is 9.50 Å². The fourth-order valence-corrected chi connectivity index (χ4v) is 3.92. The van der Waals surface area contributed by atoms with Gasteiger partial charge in [-0.05, 0) is 44.4 Å². The van der Waals surface area contributed by atoms with Gasteiger partial charge in [0.25, 0.3) is 11.3 Å². The molecule has 1 aliphatic carbocycles. The van der Waals surface area contributed by atoms with Gasteiger partial charge in [0.2, 0.25) is 5.91 Å². The van der Waals surface area contributed by atoms with Gasteiger partial charge in [-0.1, -0.05) is 31.4 Å². The summed E-state index contributed by atoms with van der Waals surface area (Å²) in [6.07, 6.45) is 5.26. The molecule has 1 aromatic carbocycles. The molecule has 1 fully saturated rings. The van der Waals surface area contributed by atoms with E-state index >= 15 is 0 Å². The predicted molar refractivity (Wildman–Crippen MR) is 107 cm³/mol. The van der Waals surface area contributed by atoms with E-state index in [1.807, 2.05) is 31.2 Å². The number of aromatic nitrogens is 4. The molecular weight excluding hydrogens is 354 g/mol. The molecule has 0 spiro atoms. The van der Waals surface area contributed by atoms with Crippen molar-refractivity contribution < 1.29 is 4.79 Å². The molecule has 0 saturated heterocycles. The molecule has 2 heterocycles. The van der Waals surface area contributed by atoms with Crippen LogP contribution in [0.25, 0.3) is 5.78 Å². The zero-order chi connectivity index (χ0) is 19.7. The lowest BCUT2D eigenvalue weighted by molar-refractivity contribution is -0.123. The van der Waals surface area contributed by atoms with E-state index in [1.54, 1.807) is 11.8 Å². The van der Waals surface area contributed by atoms with E-state index in [0.29, 0.717) is 17.3 Å². The summed E-state index contributed by atoms with van der Waals surface area (Å²) in [7, 11) is 0. The van der Waals surface area contributed by atoms with E-state index in [-0.39, 0.29) is 23.9 Å². The third kappa shape index (κ3) is 3.69. The van der Waals surface area contributed by atoms with Crippen LogP contribution >= 0.6 is 0 Å². The monoisotopic (exact) mass is 379 g/mol. The van der Waals surface area contributed by atoms with Gasteiger partial charge in [0, 0.05) is 23.4 Å². The first-order chi connectivity index (χ1) is 13.5. The smallest absolute Gasteiger partial charge is 0.274 e. The average Bonchev–Trinajstić information content (AvgIpc) is 3.09. The molecule has 0 unspecified atom stereocenters. The predicted octanol–water partition coefficient (Wildman–Crippen LogP) is 3.15. The first-order valence-corrected chi connectivity index (χ1v) is 9.84. The summed E-state index contributed by atoms with van der Waals surface area (Å²) in [4.78, 5) is 36.1. The minimum Gasteiger partial charge on any atom is -0.305 e. The summed E-state index contributed by atoms with van der Waals surface area (Å²) in [6.45, 7) is 4.06. The Bertz CT molecular complexity index is 1060. The SMILES string of the molecule is Cc1cccc(N(Cc2nc3nc(C)cc(=O)n3[nH]2)C(=O)C2CCCCC2)c1. The van der Waals surface area contributed by atoms with Crippen LogP contribution in [0.4, 0.5) is 5.69 Å². The second-order valence-corrected chi connectivity index (χ2v) is 7.64. The van der Waals surface area contributed by atoms with E-state index in [1.165, 1.54) is 17.0 Å². The lowest BCUT2D eigenvalue weighted by Gasteiger charge is -2.29. The number of nitrogens with one attached hydrogen (secondary N) is 1. The number of aryl methyl sites for hydroxylation is 2. The number of nitrogens with zero attached hydrogens (tertiary/aromatic N) is 4. The van der Waals surface area contributed by atoms with Crippen molar-refractivity contribution in [2.75, 3.05) is 4.90 Å². The number of anilines is 1. The Labute approximate surface area is 163 Å².